The average Bonchev–Trinajstić information content (AvgIpc) is 3.00. The van der Waals surface area contributed by atoms with Crippen LogP contribution in [-0.4, -0.2) is 22.0 Å². The van der Waals surface area contributed by atoms with Crippen molar-refractivity contribution in [1.29, 1.82) is 0 Å². The second-order valence-electron chi connectivity index (χ2n) is 6.09. The lowest BCUT2D eigenvalue weighted by atomic mass is 9.97. The van der Waals surface area contributed by atoms with Crippen LogP contribution >= 0.6 is 11.3 Å². The largest absolute Gasteiger partial charge is 0.865 e. The number of methoxy groups -OCH3 is 1. The normalized spacial score (nSPS) is 13.6. The van der Waals surface area contributed by atoms with Crippen LogP contribution in [0.1, 0.15) is 23.3 Å². The van der Waals surface area contributed by atoms with Crippen molar-refractivity contribution in [2.45, 2.75) is 25.7 Å². The van der Waals surface area contributed by atoms with Gasteiger partial charge in [0.15, 0.2) is 0 Å². The molecule has 3 aromatic rings. The fraction of sp³-hybridized carbons (Fsp3) is 0.294. The highest BCUT2D eigenvalue weighted by molar-refractivity contribution is 7.18. The topological polar surface area (TPSA) is 121 Å². The molecule has 1 aliphatic carbocycles. The summed E-state index contributed by atoms with van der Waals surface area (Å²) in [4.78, 5) is 32.0. The Morgan fingerprint density at radius 2 is 2.08 bits per heavy atom. The van der Waals surface area contributed by atoms with Crippen LogP contribution in [0.5, 0.6) is 11.5 Å². The number of nitrogens with one attached hydrogen (secondary N) is 1. The highest BCUT2D eigenvalue weighted by atomic mass is 32.1. The number of thiophene rings is 1. The Morgan fingerprint density at radius 1 is 1.31 bits per heavy atom. The van der Waals surface area contributed by atoms with E-state index in [0.717, 1.165) is 37.3 Å². The molecular formula is C17H14N3O5S-. The van der Waals surface area contributed by atoms with Crippen molar-refractivity contribution in [3.05, 3.63) is 43.0 Å². The maximum Gasteiger partial charge on any atom is 0.266 e. The lowest BCUT2D eigenvalue weighted by Gasteiger charge is -2.14. The predicted octanol–water partition coefficient (Wildman–Crippen LogP) is 2.52. The number of rotatable bonds is 3. The highest BCUT2D eigenvalue weighted by Gasteiger charge is 2.21. The predicted molar refractivity (Wildman–Crippen MR) is 95.0 cm³/mol. The van der Waals surface area contributed by atoms with Gasteiger partial charge in [-0.3, -0.25) is 14.9 Å². The average molecular weight is 372 g/mol. The quantitative estimate of drug-likeness (QED) is 0.557. The van der Waals surface area contributed by atoms with Crippen molar-refractivity contribution in [3.63, 3.8) is 0 Å². The molecule has 2 aromatic heterocycles. The first-order chi connectivity index (χ1) is 12.5. The molecule has 1 aliphatic rings. The van der Waals surface area contributed by atoms with E-state index in [4.69, 9.17) is 4.74 Å². The van der Waals surface area contributed by atoms with Crippen molar-refractivity contribution in [2.75, 3.05) is 7.11 Å². The number of H-pyrrole nitrogens is 1. The summed E-state index contributed by atoms with van der Waals surface area (Å²) in [6, 6.07) is 2.47. The van der Waals surface area contributed by atoms with E-state index in [1.165, 1.54) is 29.4 Å². The van der Waals surface area contributed by atoms with Gasteiger partial charge in [-0.05, 0) is 37.3 Å². The fourth-order valence-corrected chi connectivity index (χ4v) is 4.57. The van der Waals surface area contributed by atoms with Gasteiger partial charge >= 0.3 is 0 Å². The molecule has 0 bridgehead atoms. The van der Waals surface area contributed by atoms with Gasteiger partial charge in [-0.25, -0.2) is 4.98 Å². The zero-order valence-electron chi connectivity index (χ0n) is 13.8. The summed E-state index contributed by atoms with van der Waals surface area (Å²) in [5, 5.41) is 23.7. The summed E-state index contributed by atoms with van der Waals surface area (Å²) in [5.74, 6) is -0.791. The van der Waals surface area contributed by atoms with Gasteiger partial charge in [0.2, 0.25) is 0 Å². The number of hydrogen-bond donors (Lipinski definition) is 1. The van der Waals surface area contributed by atoms with E-state index in [-0.39, 0.29) is 22.7 Å². The molecule has 8 nitrogen and oxygen atoms in total. The van der Waals surface area contributed by atoms with Crippen molar-refractivity contribution in [3.8, 4) is 22.9 Å². The Kier molecular flexibility index (Phi) is 3.87. The van der Waals surface area contributed by atoms with Gasteiger partial charge in [0.25, 0.3) is 11.2 Å². The first kappa shape index (κ1) is 16.5. The Hall–Kier alpha value is -2.94. The van der Waals surface area contributed by atoms with Gasteiger partial charge in [0, 0.05) is 22.3 Å². The van der Waals surface area contributed by atoms with E-state index in [2.05, 4.69) is 9.97 Å². The summed E-state index contributed by atoms with van der Waals surface area (Å²) >= 11 is 1.49. The molecule has 4 rings (SSSR count). The van der Waals surface area contributed by atoms with Crippen LogP contribution in [0.15, 0.2) is 16.9 Å². The summed E-state index contributed by atoms with van der Waals surface area (Å²) in [5.41, 5.74) is 0.443. The minimum Gasteiger partial charge on any atom is -0.865 e. The van der Waals surface area contributed by atoms with Crippen molar-refractivity contribution < 1.29 is 14.8 Å². The van der Waals surface area contributed by atoms with Crippen molar-refractivity contribution >= 4 is 27.2 Å². The summed E-state index contributed by atoms with van der Waals surface area (Å²) in [7, 11) is 1.26. The van der Waals surface area contributed by atoms with Gasteiger partial charge in [0.05, 0.1) is 17.4 Å². The third kappa shape index (κ3) is 2.51. The van der Waals surface area contributed by atoms with E-state index >= 15 is 0 Å². The van der Waals surface area contributed by atoms with Crippen molar-refractivity contribution in [1.82, 2.24) is 9.97 Å². The maximum atomic E-state index is 12.6. The third-order valence-corrected chi connectivity index (χ3v) is 5.74. The number of aryl methyl sites for hydroxylation is 2. The van der Waals surface area contributed by atoms with E-state index in [9.17, 15) is 20.0 Å². The van der Waals surface area contributed by atoms with Gasteiger partial charge in [-0.1, -0.05) is 0 Å². The number of benzene rings is 1. The van der Waals surface area contributed by atoms with Gasteiger partial charge in [0.1, 0.15) is 16.4 Å². The molecule has 0 saturated carbocycles. The minimum atomic E-state index is -0.809. The molecule has 0 aliphatic heterocycles. The van der Waals surface area contributed by atoms with Crippen LogP contribution in [0.3, 0.4) is 0 Å². The van der Waals surface area contributed by atoms with Crippen LogP contribution in [0.4, 0.5) is 5.69 Å². The zero-order chi connectivity index (χ0) is 18.4. The Labute approximate surface area is 151 Å². The molecule has 1 aromatic carbocycles. The van der Waals surface area contributed by atoms with Crippen LogP contribution in [0.2, 0.25) is 0 Å². The first-order valence-corrected chi connectivity index (χ1v) is 8.89. The van der Waals surface area contributed by atoms with Crippen LogP contribution in [0, 0.1) is 10.1 Å². The summed E-state index contributed by atoms with van der Waals surface area (Å²) in [6.07, 6.45) is 3.95. The van der Waals surface area contributed by atoms with Gasteiger partial charge in [-0.15, -0.1) is 11.3 Å². The van der Waals surface area contributed by atoms with E-state index in [1.54, 1.807) is 0 Å². The number of ether oxygens (including phenoxy) is 1. The molecule has 26 heavy (non-hydrogen) atoms. The highest BCUT2D eigenvalue weighted by Crippen LogP contribution is 2.38. The number of nitro benzene ring substituents is 1. The minimum absolute atomic E-state index is 0.164. The maximum absolute atomic E-state index is 12.6. The number of nitro groups is 1. The van der Waals surface area contributed by atoms with Crippen LogP contribution in [-0.2, 0) is 12.8 Å². The summed E-state index contributed by atoms with van der Waals surface area (Å²) < 4.78 is 4.95. The third-order valence-electron chi connectivity index (χ3n) is 4.55. The number of aromatic amines is 1. The van der Waals surface area contributed by atoms with E-state index < -0.39 is 16.4 Å². The lowest BCUT2D eigenvalue weighted by Crippen LogP contribution is -2.11. The van der Waals surface area contributed by atoms with E-state index in [0.29, 0.717) is 10.2 Å². The molecule has 2 heterocycles. The zero-order valence-corrected chi connectivity index (χ0v) is 14.6. The molecule has 0 saturated heterocycles. The van der Waals surface area contributed by atoms with Gasteiger partial charge in [-0.2, -0.15) is 0 Å². The second kappa shape index (κ2) is 6.10. The lowest BCUT2D eigenvalue weighted by molar-refractivity contribution is -0.398. The number of hydrogen-bond acceptors (Lipinski definition) is 7. The number of fused-ring (bicyclic) bond motifs is 3. The smallest absolute Gasteiger partial charge is 0.266 e. The van der Waals surface area contributed by atoms with Crippen LogP contribution in [0.25, 0.3) is 21.6 Å². The molecule has 0 amide bonds. The van der Waals surface area contributed by atoms with Crippen LogP contribution < -0.4 is 15.4 Å². The SMILES string of the molecule is COc1cc(-c2nc3sc4c(c3c(=O)[nH]2)CCCC4)cc([N+](=O)[O-])c1[O-]. The second-order valence-corrected chi connectivity index (χ2v) is 7.17. The Balaban J connectivity index is 1.94. The molecule has 0 atom stereocenters. The molecule has 9 heteroatoms. The van der Waals surface area contributed by atoms with Crippen molar-refractivity contribution in [2.24, 2.45) is 0 Å². The molecule has 0 fully saturated rings. The molecular weight excluding hydrogens is 358 g/mol. The summed E-state index contributed by atoms with van der Waals surface area (Å²) in [6.45, 7) is 0. The fourth-order valence-electron chi connectivity index (χ4n) is 3.31. The molecule has 0 unspecified atom stereocenters. The monoisotopic (exact) mass is 372 g/mol. The Morgan fingerprint density at radius 3 is 2.81 bits per heavy atom. The standard InChI is InChI=1S/C17H15N3O5S/c1-25-11-7-8(6-10(14(11)21)20(23)24)15-18-16(22)13-9-4-2-3-5-12(9)26-17(13)19-15/h6-7,21H,2-5H2,1H3,(H,18,19,22)/p-1. The Bertz CT molecular complexity index is 1100. The first-order valence-electron chi connectivity index (χ1n) is 8.08. The molecule has 0 spiro atoms. The molecule has 1 N–H and O–H groups in total. The van der Waals surface area contributed by atoms with Gasteiger partial charge < -0.3 is 14.8 Å². The molecule has 134 valence electrons. The number of nitrogens with zero attached hydrogens (tertiary/aromatic N) is 2. The number of aromatic nitrogens is 2. The molecule has 0 radical (unpaired) electrons. The van der Waals surface area contributed by atoms with E-state index in [1.807, 2.05) is 0 Å².